The Bertz CT molecular complexity index is 634. The Hall–Kier alpha value is -2.04. The molecule has 1 atom stereocenters. The summed E-state index contributed by atoms with van der Waals surface area (Å²) >= 11 is 0. The van der Waals surface area contributed by atoms with E-state index in [1.807, 2.05) is 37.2 Å². The van der Waals surface area contributed by atoms with E-state index >= 15 is 0 Å². The van der Waals surface area contributed by atoms with Crippen molar-refractivity contribution >= 4 is 17.2 Å². The Kier molecular flexibility index (Phi) is 3.34. The third-order valence-electron chi connectivity index (χ3n) is 4.03. The molecule has 3 rings (SSSR count). The van der Waals surface area contributed by atoms with Crippen LogP contribution in [0, 0.1) is 0 Å². The maximum Gasteiger partial charge on any atom is 0.222 e. The van der Waals surface area contributed by atoms with Crippen LogP contribution in [0.15, 0.2) is 24.5 Å². The lowest BCUT2D eigenvalue weighted by atomic mass is 10.1. The predicted molar refractivity (Wildman–Crippen MR) is 79.0 cm³/mol. The highest BCUT2D eigenvalue weighted by molar-refractivity contribution is 5.76. The zero-order valence-corrected chi connectivity index (χ0v) is 12.0. The van der Waals surface area contributed by atoms with Gasteiger partial charge in [0.15, 0.2) is 0 Å². The SMILES string of the molecule is CCC(=O)N1CC[C@H](c2cn3cccc3c(NC)n2)C1. The lowest BCUT2D eigenvalue weighted by Gasteiger charge is -2.16. The van der Waals surface area contributed by atoms with Crippen LogP contribution in [-0.4, -0.2) is 40.3 Å². The maximum atomic E-state index is 11.8. The number of carbonyl (C=O) groups is 1. The molecule has 2 aromatic heterocycles. The van der Waals surface area contributed by atoms with E-state index in [4.69, 9.17) is 4.98 Å². The minimum absolute atomic E-state index is 0.239. The summed E-state index contributed by atoms with van der Waals surface area (Å²) in [7, 11) is 1.89. The molecule has 20 heavy (non-hydrogen) atoms. The van der Waals surface area contributed by atoms with Gasteiger partial charge in [-0.3, -0.25) is 4.79 Å². The van der Waals surface area contributed by atoms with Crippen LogP contribution in [0.5, 0.6) is 0 Å². The summed E-state index contributed by atoms with van der Waals surface area (Å²) in [5.41, 5.74) is 2.14. The van der Waals surface area contributed by atoms with E-state index in [1.54, 1.807) is 0 Å². The smallest absolute Gasteiger partial charge is 0.222 e. The van der Waals surface area contributed by atoms with Crippen molar-refractivity contribution in [3.63, 3.8) is 0 Å². The van der Waals surface area contributed by atoms with Crippen LogP contribution < -0.4 is 5.32 Å². The average molecular weight is 272 g/mol. The lowest BCUT2D eigenvalue weighted by Crippen LogP contribution is -2.27. The Labute approximate surface area is 118 Å². The summed E-state index contributed by atoms with van der Waals surface area (Å²) in [6.07, 6.45) is 5.69. The third-order valence-corrected chi connectivity index (χ3v) is 4.03. The summed E-state index contributed by atoms with van der Waals surface area (Å²) in [6.45, 7) is 3.55. The molecule has 0 aliphatic carbocycles. The zero-order valence-electron chi connectivity index (χ0n) is 12.0. The highest BCUT2D eigenvalue weighted by Crippen LogP contribution is 2.28. The number of amides is 1. The van der Waals surface area contributed by atoms with Gasteiger partial charge in [0.2, 0.25) is 5.91 Å². The molecule has 5 nitrogen and oxygen atoms in total. The monoisotopic (exact) mass is 272 g/mol. The minimum Gasteiger partial charge on any atom is -0.371 e. The van der Waals surface area contributed by atoms with Crippen molar-refractivity contribution < 1.29 is 4.79 Å². The minimum atomic E-state index is 0.239. The van der Waals surface area contributed by atoms with Gasteiger partial charge in [0.1, 0.15) is 5.82 Å². The van der Waals surface area contributed by atoms with Crippen molar-refractivity contribution in [1.29, 1.82) is 0 Å². The van der Waals surface area contributed by atoms with E-state index in [9.17, 15) is 4.79 Å². The molecule has 1 fully saturated rings. The molecule has 0 aromatic carbocycles. The number of carbonyl (C=O) groups excluding carboxylic acids is 1. The number of likely N-dealkylation sites (tertiary alicyclic amines) is 1. The van der Waals surface area contributed by atoms with Gasteiger partial charge in [0.05, 0.1) is 11.2 Å². The Morgan fingerprint density at radius 2 is 2.40 bits per heavy atom. The molecule has 0 spiro atoms. The molecule has 0 bridgehead atoms. The molecule has 2 aromatic rings. The topological polar surface area (TPSA) is 49.6 Å². The van der Waals surface area contributed by atoms with Crippen LogP contribution in [0.25, 0.3) is 5.52 Å². The van der Waals surface area contributed by atoms with Crippen LogP contribution in [0.2, 0.25) is 0 Å². The Morgan fingerprint density at radius 1 is 1.55 bits per heavy atom. The van der Waals surface area contributed by atoms with E-state index in [2.05, 4.69) is 15.9 Å². The van der Waals surface area contributed by atoms with Crippen molar-refractivity contribution in [2.24, 2.45) is 0 Å². The maximum absolute atomic E-state index is 11.8. The van der Waals surface area contributed by atoms with E-state index in [-0.39, 0.29) is 5.91 Å². The number of aromatic nitrogens is 2. The van der Waals surface area contributed by atoms with Gasteiger partial charge < -0.3 is 14.6 Å². The molecule has 0 saturated carbocycles. The largest absolute Gasteiger partial charge is 0.371 e. The van der Waals surface area contributed by atoms with Gasteiger partial charge in [0.25, 0.3) is 0 Å². The molecule has 1 saturated heterocycles. The molecule has 0 unspecified atom stereocenters. The average Bonchev–Trinajstić information content (AvgIpc) is 3.13. The molecular weight excluding hydrogens is 252 g/mol. The number of nitrogens with zero attached hydrogens (tertiary/aromatic N) is 3. The molecule has 5 heteroatoms. The first kappa shape index (κ1) is 13.0. The summed E-state index contributed by atoms with van der Waals surface area (Å²) in [5.74, 6) is 1.47. The van der Waals surface area contributed by atoms with Gasteiger partial charge in [0, 0.05) is 44.9 Å². The summed E-state index contributed by atoms with van der Waals surface area (Å²) in [4.78, 5) is 18.4. The van der Waals surface area contributed by atoms with Crippen molar-refractivity contribution in [2.75, 3.05) is 25.5 Å². The van der Waals surface area contributed by atoms with Crippen molar-refractivity contribution in [2.45, 2.75) is 25.7 Å². The summed E-state index contributed by atoms with van der Waals surface area (Å²) < 4.78 is 2.10. The fourth-order valence-corrected chi connectivity index (χ4v) is 2.90. The molecule has 0 radical (unpaired) electrons. The zero-order chi connectivity index (χ0) is 14.1. The fraction of sp³-hybridized carbons (Fsp3) is 0.467. The summed E-state index contributed by atoms with van der Waals surface area (Å²) in [6, 6.07) is 4.06. The number of rotatable bonds is 3. The third kappa shape index (κ3) is 2.13. The predicted octanol–water partition coefficient (Wildman–Crippen LogP) is 2.10. The van der Waals surface area contributed by atoms with Crippen LogP contribution in [-0.2, 0) is 4.79 Å². The Balaban J connectivity index is 1.89. The van der Waals surface area contributed by atoms with Crippen molar-refractivity contribution in [3.05, 3.63) is 30.2 Å². The first-order chi connectivity index (χ1) is 9.72. The van der Waals surface area contributed by atoms with E-state index < -0.39 is 0 Å². The van der Waals surface area contributed by atoms with Crippen molar-refractivity contribution in [1.82, 2.24) is 14.3 Å². The van der Waals surface area contributed by atoms with Crippen LogP contribution in [0.1, 0.15) is 31.4 Å². The molecule has 1 aliphatic rings. The normalized spacial score (nSPS) is 18.7. The molecule has 106 valence electrons. The molecule has 3 heterocycles. The quantitative estimate of drug-likeness (QED) is 0.931. The second-order valence-corrected chi connectivity index (χ2v) is 5.24. The van der Waals surface area contributed by atoms with Gasteiger partial charge in [-0.25, -0.2) is 4.98 Å². The van der Waals surface area contributed by atoms with Crippen LogP contribution in [0.3, 0.4) is 0 Å². The number of nitrogens with one attached hydrogen (secondary N) is 1. The first-order valence-electron chi connectivity index (χ1n) is 7.16. The van der Waals surface area contributed by atoms with Crippen molar-refractivity contribution in [3.8, 4) is 0 Å². The lowest BCUT2D eigenvalue weighted by molar-refractivity contribution is -0.129. The van der Waals surface area contributed by atoms with Crippen LogP contribution >= 0.6 is 0 Å². The fourth-order valence-electron chi connectivity index (χ4n) is 2.90. The number of hydrogen-bond donors (Lipinski definition) is 1. The first-order valence-corrected chi connectivity index (χ1v) is 7.16. The summed E-state index contributed by atoms with van der Waals surface area (Å²) in [5, 5.41) is 3.15. The number of anilines is 1. The van der Waals surface area contributed by atoms with Gasteiger partial charge in [-0.1, -0.05) is 6.92 Å². The second kappa shape index (κ2) is 5.15. The molecular formula is C15H20N4O. The highest BCUT2D eigenvalue weighted by atomic mass is 16.2. The van der Waals surface area contributed by atoms with E-state index in [0.29, 0.717) is 12.3 Å². The van der Waals surface area contributed by atoms with E-state index in [0.717, 1.165) is 36.5 Å². The number of hydrogen-bond acceptors (Lipinski definition) is 3. The van der Waals surface area contributed by atoms with Crippen LogP contribution in [0.4, 0.5) is 5.82 Å². The van der Waals surface area contributed by atoms with Gasteiger partial charge >= 0.3 is 0 Å². The number of fused-ring (bicyclic) bond motifs is 1. The van der Waals surface area contributed by atoms with Gasteiger partial charge in [-0.05, 0) is 18.6 Å². The molecule has 1 aliphatic heterocycles. The molecule has 1 amide bonds. The van der Waals surface area contributed by atoms with Gasteiger partial charge in [-0.15, -0.1) is 0 Å². The second-order valence-electron chi connectivity index (χ2n) is 5.24. The Morgan fingerprint density at radius 3 is 3.15 bits per heavy atom. The molecule has 1 N–H and O–H groups in total. The van der Waals surface area contributed by atoms with E-state index in [1.165, 1.54) is 0 Å². The highest BCUT2D eigenvalue weighted by Gasteiger charge is 2.28. The standard InChI is InChI=1S/C15H20N4O/c1-3-14(20)19-8-6-11(9-19)12-10-18-7-4-5-13(18)15(16-2)17-12/h4-5,7,10-11H,3,6,8-9H2,1-2H3,(H,16,17)/t11-/m0/s1. The van der Waals surface area contributed by atoms with Gasteiger partial charge in [-0.2, -0.15) is 0 Å².